The molecule has 3 aromatic rings. The minimum absolute atomic E-state index is 0.302. The Labute approximate surface area is 179 Å². The third-order valence-corrected chi connectivity index (χ3v) is 5.67. The third-order valence-electron chi connectivity index (χ3n) is 5.67. The molecule has 0 radical (unpaired) electrons. The van der Waals surface area contributed by atoms with Gasteiger partial charge in [0.05, 0.1) is 36.7 Å². The van der Waals surface area contributed by atoms with E-state index in [-0.39, 0.29) is 5.91 Å². The fraction of sp³-hybridized carbons (Fsp3) is 0.348. The van der Waals surface area contributed by atoms with Gasteiger partial charge in [0.15, 0.2) is 0 Å². The molecule has 0 aliphatic carbocycles. The first-order chi connectivity index (χ1) is 15.2. The first-order valence-electron chi connectivity index (χ1n) is 10.5. The molecule has 1 aromatic carbocycles. The molecule has 160 valence electrons. The minimum atomic E-state index is -0.608. The summed E-state index contributed by atoms with van der Waals surface area (Å²) in [4.78, 5) is 17.4. The van der Waals surface area contributed by atoms with Crippen LogP contribution in [0.1, 0.15) is 33.7 Å². The van der Waals surface area contributed by atoms with Gasteiger partial charge in [0.2, 0.25) is 0 Å². The second-order valence-corrected chi connectivity index (χ2v) is 7.85. The topological polar surface area (TPSA) is 98.5 Å². The molecule has 1 amide bonds. The van der Waals surface area contributed by atoms with E-state index in [1.54, 1.807) is 12.3 Å². The summed E-state index contributed by atoms with van der Waals surface area (Å²) in [5.74, 6) is 0.466. The first-order valence-corrected chi connectivity index (χ1v) is 10.5. The number of aliphatic hydroxyl groups excluding tert-OH is 1. The predicted octanol–water partition coefficient (Wildman–Crippen LogP) is 1.67. The molecule has 0 unspecified atom stereocenters. The lowest BCUT2D eigenvalue weighted by molar-refractivity contribution is -0.0140. The van der Waals surface area contributed by atoms with E-state index < -0.39 is 12.1 Å². The van der Waals surface area contributed by atoms with Gasteiger partial charge in [-0.15, -0.1) is 0 Å². The lowest BCUT2D eigenvalue weighted by Crippen LogP contribution is -2.49. The van der Waals surface area contributed by atoms with Crippen molar-refractivity contribution in [2.45, 2.75) is 31.4 Å². The Morgan fingerprint density at radius 1 is 1.26 bits per heavy atom. The number of carbonyl (C=O) groups is 1. The predicted molar refractivity (Wildman–Crippen MR) is 113 cm³/mol. The fourth-order valence-electron chi connectivity index (χ4n) is 4.00. The summed E-state index contributed by atoms with van der Waals surface area (Å²) in [6.45, 7) is 1.37. The summed E-state index contributed by atoms with van der Waals surface area (Å²) in [5, 5.41) is 17.2. The van der Waals surface area contributed by atoms with E-state index in [1.165, 1.54) is 0 Å². The smallest absolute Gasteiger partial charge is 0.270 e. The molecule has 0 saturated carbocycles. The number of aliphatic hydroxyl groups is 1. The van der Waals surface area contributed by atoms with Crippen LogP contribution in [0.4, 0.5) is 0 Å². The van der Waals surface area contributed by atoms with Crippen LogP contribution in [0, 0.1) is 0 Å². The number of aromatic nitrogens is 3. The summed E-state index contributed by atoms with van der Waals surface area (Å²) in [6.07, 6.45) is 4.85. The second kappa shape index (κ2) is 8.49. The van der Waals surface area contributed by atoms with Crippen molar-refractivity contribution < 1.29 is 19.4 Å². The van der Waals surface area contributed by atoms with Crippen LogP contribution in [-0.4, -0.2) is 57.7 Å². The van der Waals surface area contributed by atoms with E-state index >= 15 is 0 Å². The fourth-order valence-corrected chi connectivity index (χ4v) is 4.00. The van der Waals surface area contributed by atoms with Gasteiger partial charge in [0.1, 0.15) is 11.4 Å². The van der Waals surface area contributed by atoms with Crippen LogP contribution in [0.5, 0.6) is 5.75 Å². The minimum Gasteiger partial charge on any atom is -0.491 e. The van der Waals surface area contributed by atoms with Crippen molar-refractivity contribution in [3.05, 3.63) is 71.3 Å². The normalized spacial score (nSPS) is 20.2. The summed E-state index contributed by atoms with van der Waals surface area (Å²) < 4.78 is 13.0. The first kappa shape index (κ1) is 19.7. The standard InChI is InChI=1S/C23H24N4O4/c28-21-7-10-30-14-20(21)26-23(29)19-13-16(22-18(25-19)6-11-31-22)12-15-2-4-17(5-3-15)27-9-1-8-24-27/h1-5,8-9,13,20-21,28H,6-7,10-12,14H2,(H,26,29)/t20-,21-/m0/s1. The largest absolute Gasteiger partial charge is 0.491 e. The van der Waals surface area contributed by atoms with E-state index in [0.29, 0.717) is 44.8 Å². The molecule has 2 aliphatic heterocycles. The Hall–Kier alpha value is -3.23. The van der Waals surface area contributed by atoms with Crippen molar-refractivity contribution in [1.82, 2.24) is 20.1 Å². The average molecular weight is 420 g/mol. The monoisotopic (exact) mass is 420 g/mol. The Morgan fingerprint density at radius 2 is 2.13 bits per heavy atom. The van der Waals surface area contributed by atoms with Gasteiger partial charge >= 0.3 is 0 Å². The molecular weight excluding hydrogens is 396 g/mol. The summed E-state index contributed by atoms with van der Waals surface area (Å²) >= 11 is 0. The maximum atomic E-state index is 12.8. The lowest BCUT2D eigenvalue weighted by Gasteiger charge is -2.28. The molecule has 5 rings (SSSR count). The summed E-state index contributed by atoms with van der Waals surface area (Å²) in [6, 6.07) is 11.4. The zero-order chi connectivity index (χ0) is 21.2. The molecule has 8 heteroatoms. The number of nitrogens with one attached hydrogen (secondary N) is 1. The van der Waals surface area contributed by atoms with Crippen LogP contribution >= 0.6 is 0 Å². The number of hydrogen-bond donors (Lipinski definition) is 2. The number of amides is 1. The molecule has 0 bridgehead atoms. The van der Waals surface area contributed by atoms with Gasteiger partial charge < -0.3 is 19.9 Å². The van der Waals surface area contributed by atoms with Crippen LogP contribution in [0.15, 0.2) is 48.8 Å². The average Bonchev–Trinajstić information content (AvgIpc) is 3.48. The van der Waals surface area contributed by atoms with E-state index in [0.717, 1.165) is 28.3 Å². The molecular formula is C23H24N4O4. The van der Waals surface area contributed by atoms with E-state index in [9.17, 15) is 9.90 Å². The lowest BCUT2D eigenvalue weighted by atomic mass is 10.0. The second-order valence-electron chi connectivity index (χ2n) is 7.85. The number of pyridine rings is 1. The molecule has 2 aromatic heterocycles. The maximum absolute atomic E-state index is 12.8. The summed E-state index contributed by atoms with van der Waals surface area (Å²) in [5.41, 5.74) is 4.15. The van der Waals surface area contributed by atoms with Gasteiger partial charge in [-0.1, -0.05) is 12.1 Å². The van der Waals surface area contributed by atoms with Crippen LogP contribution in [0.2, 0.25) is 0 Å². The molecule has 2 aliphatic rings. The number of hydrogen-bond acceptors (Lipinski definition) is 6. The van der Waals surface area contributed by atoms with Crippen molar-refractivity contribution >= 4 is 5.91 Å². The van der Waals surface area contributed by atoms with Gasteiger partial charge in [0.25, 0.3) is 5.91 Å². The third kappa shape index (κ3) is 4.17. The number of benzene rings is 1. The van der Waals surface area contributed by atoms with Crippen molar-refractivity contribution in [2.24, 2.45) is 0 Å². The molecule has 8 nitrogen and oxygen atoms in total. The quantitative estimate of drug-likeness (QED) is 0.652. The molecule has 1 fully saturated rings. The Morgan fingerprint density at radius 3 is 2.90 bits per heavy atom. The summed E-state index contributed by atoms with van der Waals surface area (Å²) in [7, 11) is 0. The van der Waals surface area contributed by atoms with E-state index in [4.69, 9.17) is 9.47 Å². The number of fused-ring (bicyclic) bond motifs is 1. The number of carbonyl (C=O) groups excluding carboxylic acids is 1. The van der Waals surface area contributed by atoms with Crippen molar-refractivity contribution in [3.8, 4) is 11.4 Å². The molecule has 2 atom stereocenters. The van der Waals surface area contributed by atoms with Crippen molar-refractivity contribution in [2.75, 3.05) is 19.8 Å². The maximum Gasteiger partial charge on any atom is 0.270 e. The number of nitrogens with zero attached hydrogens (tertiary/aromatic N) is 3. The molecule has 1 saturated heterocycles. The van der Waals surface area contributed by atoms with E-state index in [2.05, 4.69) is 15.4 Å². The highest BCUT2D eigenvalue weighted by Crippen LogP contribution is 2.31. The molecule has 2 N–H and O–H groups in total. The van der Waals surface area contributed by atoms with Gasteiger partial charge in [-0.2, -0.15) is 5.10 Å². The zero-order valence-electron chi connectivity index (χ0n) is 17.0. The van der Waals surface area contributed by atoms with Crippen LogP contribution in [-0.2, 0) is 17.6 Å². The molecule has 31 heavy (non-hydrogen) atoms. The Kier molecular flexibility index (Phi) is 5.40. The van der Waals surface area contributed by atoms with Gasteiger partial charge in [-0.25, -0.2) is 9.67 Å². The van der Waals surface area contributed by atoms with Crippen LogP contribution in [0.25, 0.3) is 5.69 Å². The highest BCUT2D eigenvalue weighted by molar-refractivity contribution is 5.93. The Bertz CT molecular complexity index is 1070. The van der Waals surface area contributed by atoms with Crippen molar-refractivity contribution in [1.29, 1.82) is 0 Å². The van der Waals surface area contributed by atoms with Crippen LogP contribution < -0.4 is 10.1 Å². The molecule has 4 heterocycles. The van der Waals surface area contributed by atoms with Crippen LogP contribution in [0.3, 0.4) is 0 Å². The van der Waals surface area contributed by atoms with E-state index in [1.807, 2.05) is 41.2 Å². The highest BCUT2D eigenvalue weighted by Gasteiger charge is 2.27. The number of ether oxygens (including phenoxy) is 2. The van der Waals surface area contributed by atoms with Gasteiger partial charge in [0, 0.05) is 37.4 Å². The molecule has 0 spiro atoms. The SMILES string of the molecule is O=C(N[C@H]1COCC[C@@H]1O)c1cc(Cc2ccc(-n3cccn3)cc2)c2c(n1)CCO2. The van der Waals surface area contributed by atoms with Crippen molar-refractivity contribution in [3.63, 3.8) is 0 Å². The van der Waals surface area contributed by atoms with Gasteiger partial charge in [-0.05, 0) is 36.2 Å². The highest BCUT2D eigenvalue weighted by atomic mass is 16.5. The zero-order valence-corrected chi connectivity index (χ0v) is 17.0. The van der Waals surface area contributed by atoms with Gasteiger partial charge in [-0.3, -0.25) is 4.79 Å². The Balaban J connectivity index is 1.37. The number of rotatable bonds is 5.